The average Bonchev–Trinajstić information content (AvgIpc) is 2.78. The average molecular weight is 259 g/mol. The Bertz CT molecular complexity index is 599. The molecule has 1 aromatic heterocycles. The van der Waals surface area contributed by atoms with Gasteiger partial charge < -0.3 is 11.1 Å². The first-order valence-electron chi connectivity index (χ1n) is 4.97. The van der Waals surface area contributed by atoms with E-state index in [1.165, 1.54) is 6.20 Å². The Kier molecular flexibility index (Phi) is 3.50. The molecular weight excluding hydrogens is 250 g/mol. The molecule has 0 saturated carbocycles. The van der Waals surface area contributed by atoms with Gasteiger partial charge in [-0.2, -0.15) is 10.4 Å². The number of benzene rings is 1. The number of aromatic nitrogens is 2. The van der Waals surface area contributed by atoms with Gasteiger partial charge in [-0.15, -0.1) is 0 Å². The number of amides is 1. The molecule has 0 unspecified atom stereocenters. The molecule has 0 bridgehead atoms. The lowest BCUT2D eigenvalue weighted by molar-refractivity contribution is 0.102. The lowest BCUT2D eigenvalue weighted by Crippen LogP contribution is -2.12. The predicted molar refractivity (Wildman–Crippen MR) is 68.9 cm³/mol. The lowest BCUT2D eigenvalue weighted by Gasteiger charge is -2.04. The lowest BCUT2D eigenvalue weighted by atomic mass is 10.2. The van der Waals surface area contributed by atoms with E-state index in [4.69, 9.17) is 11.0 Å². The minimum Gasteiger partial charge on any atom is -0.383 e. The molecule has 1 aromatic carbocycles. The summed E-state index contributed by atoms with van der Waals surface area (Å²) in [5, 5.41) is 19.3. The predicted octanol–water partition coefficient (Wildman–Crippen LogP) is 1.82. The van der Waals surface area contributed by atoms with Gasteiger partial charge in [0.25, 0.3) is 5.91 Å². The van der Waals surface area contributed by atoms with Crippen molar-refractivity contribution in [1.29, 1.82) is 5.26 Å². The van der Waals surface area contributed by atoms with Crippen LogP contribution in [-0.4, -0.2) is 16.1 Å². The summed E-state index contributed by atoms with van der Waals surface area (Å²) in [6.07, 6.45) is 1.37. The number of aromatic amines is 1. The molecule has 0 saturated heterocycles. The Labute approximate surface area is 107 Å². The van der Waals surface area contributed by atoms with Crippen molar-refractivity contribution in [1.82, 2.24) is 10.2 Å². The van der Waals surface area contributed by atoms with Crippen LogP contribution in [0.15, 0.2) is 35.4 Å². The smallest absolute Gasteiger partial charge is 0.261 e. The van der Waals surface area contributed by atoms with Gasteiger partial charge in [0.05, 0.1) is 6.20 Å². The fourth-order valence-electron chi connectivity index (χ4n) is 1.33. The number of nitriles is 1. The highest BCUT2D eigenvalue weighted by Gasteiger charge is 2.11. The van der Waals surface area contributed by atoms with E-state index in [2.05, 4.69) is 15.5 Å². The standard InChI is InChI=1S/C11H9N5OS/c12-6-18-8-3-1-7(2-4-8)15-11(17)9-5-14-16-10(9)13/h1-5H,(H,15,17)(H3,13,14,16). The first-order chi connectivity index (χ1) is 8.70. The quantitative estimate of drug-likeness (QED) is 0.575. The van der Waals surface area contributed by atoms with E-state index in [0.29, 0.717) is 11.3 Å². The normalized spacial score (nSPS) is 9.72. The third kappa shape index (κ3) is 2.61. The van der Waals surface area contributed by atoms with Crippen LogP contribution in [-0.2, 0) is 0 Å². The van der Waals surface area contributed by atoms with E-state index in [1.54, 1.807) is 24.3 Å². The van der Waals surface area contributed by atoms with Crippen LogP contribution < -0.4 is 11.1 Å². The zero-order valence-corrected chi connectivity index (χ0v) is 9.99. The Morgan fingerprint density at radius 1 is 1.44 bits per heavy atom. The fourth-order valence-corrected chi connectivity index (χ4v) is 1.71. The van der Waals surface area contributed by atoms with Gasteiger partial charge in [0.2, 0.25) is 0 Å². The number of nitrogens with zero attached hydrogens (tertiary/aromatic N) is 2. The van der Waals surface area contributed by atoms with Crippen LogP contribution in [0, 0.1) is 10.7 Å². The summed E-state index contributed by atoms with van der Waals surface area (Å²) in [6.45, 7) is 0. The minimum atomic E-state index is -0.332. The third-order valence-corrected chi connectivity index (χ3v) is 2.79. The van der Waals surface area contributed by atoms with E-state index >= 15 is 0 Å². The van der Waals surface area contributed by atoms with Crippen LogP contribution in [0.25, 0.3) is 0 Å². The number of carbonyl (C=O) groups excluding carboxylic acids is 1. The molecule has 6 nitrogen and oxygen atoms in total. The summed E-state index contributed by atoms with van der Waals surface area (Å²) in [5.74, 6) is -0.105. The monoisotopic (exact) mass is 259 g/mol. The number of H-pyrrole nitrogens is 1. The van der Waals surface area contributed by atoms with Crippen molar-refractivity contribution < 1.29 is 4.79 Å². The molecule has 0 aliphatic rings. The molecule has 0 radical (unpaired) electrons. The highest BCUT2D eigenvalue weighted by atomic mass is 32.2. The Morgan fingerprint density at radius 2 is 2.17 bits per heavy atom. The Balaban J connectivity index is 2.08. The number of thiocyanates is 1. The molecule has 1 amide bonds. The summed E-state index contributed by atoms with van der Waals surface area (Å²) in [7, 11) is 0. The van der Waals surface area contributed by atoms with E-state index in [0.717, 1.165) is 16.7 Å². The molecule has 2 rings (SSSR count). The number of hydrogen-bond donors (Lipinski definition) is 3. The second-order valence-electron chi connectivity index (χ2n) is 3.37. The molecule has 7 heteroatoms. The Hall–Kier alpha value is -2.46. The molecule has 0 fully saturated rings. The number of thioether (sulfide) groups is 1. The van der Waals surface area contributed by atoms with Gasteiger partial charge in [-0.1, -0.05) is 0 Å². The summed E-state index contributed by atoms with van der Waals surface area (Å²) >= 11 is 1.06. The summed E-state index contributed by atoms with van der Waals surface area (Å²) in [4.78, 5) is 12.6. The molecule has 0 aliphatic heterocycles. The highest BCUT2D eigenvalue weighted by molar-refractivity contribution is 8.03. The number of nitrogens with one attached hydrogen (secondary N) is 2. The van der Waals surface area contributed by atoms with Gasteiger partial charge in [-0.25, -0.2) is 0 Å². The number of nitrogens with two attached hydrogens (primary N) is 1. The van der Waals surface area contributed by atoms with Crippen molar-refractivity contribution in [2.45, 2.75) is 4.90 Å². The Morgan fingerprint density at radius 3 is 2.72 bits per heavy atom. The first-order valence-corrected chi connectivity index (χ1v) is 5.78. The summed E-state index contributed by atoms with van der Waals surface area (Å²) < 4.78 is 0. The zero-order chi connectivity index (χ0) is 13.0. The molecule has 1 heterocycles. The number of nitrogen functional groups attached to an aromatic ring is 1. The molecule has 90 valence electrons. The van der Waals surface area contributed by atoms with Crippen LogP contribution in [0.2, 0.25) is 0 Å². The summed E-state index contributed by atoms with van der Waals surface area (Å²) in [5.41, 5.74) is 6.46. The second-order valence-corrected chi connectivity index (χ2v) is 4.23. The van der Waals surface area contributed by atoms with Crippen LogP contribution >= 0.6 is 11.8 Å². The van der Waals surface area contributed by atoms with E-state index in [-0.39, 0.29) is 11.7 Å². The molecule has 18 heavy (non-hydrogen) atoms. The topological polar surface area (TPSA) is 108 Å². The highest BCUT2D eigenvalue weighted by Crippen LogP contribution is 2.19. The SMILES string of the molecule is N#CSc1ccc(NC(=O)c2cn[nH]c2N)cc1. The van der Waals surface area contributed by atoms with Crippen LogP contribution in [0.3, 0.4) is 0 Å². The zero-order valence-electron chi connectivity index (χ0n) is 9.18. The fraction of sp³-hybridized carbons (Fsp3) is 0. The van der Waals surface area contributed by atoms with Crippen LogP contribution in [0.4, 0.5) is 11.5 Å². The maximum atomic E-state index is 11.8. The summed E-state index contributed by atoms with van der Waals surface area (Å²) in [6, 6.07) is 6.94. The van der Waals surface area contributed by atoms with Crippen molar-refractivity contribution in [3.05, 3.63) is 36.0 Å². The number of carbonyl (C=O) groups is 1. The molecule has 0 atom stereocenters. The van der Waals surface area contributed by atoms with Gasteiger partial charge in [0.1, 0.15) is 16.8 Å². The number of hydrogen-bond acceptors (Lipinski definition) is 5. The largest absolute Gasteiger partial charge is 0.383 e. The maximum Gasteiger partial charge on any atom is 0.261 e. The molecule has 4 N–H and O–H groups in total. The number of rotatable bonds is 3. The minimum absolute atomic E-state index is 0.226. The molecule has 2 aromatic rings. The van der Waals surface area contributed by atoms with Crippen molar-refractivity contribution in [3.63, 3.8) is 0 Å². The van der Waals surface area contributed by atoms with Crippen molar-refractivity contribution in [2.24, 2.45) is 0 Å². The molecule has 0 aliphatic carbocycles. The van der Waals surface area contributed by atoms with E-state index < -0.39 is 0 Å². The van der Waals surface area contributed by atoms with E-state index in [1.807, 2.05) is 5.40 Å². The molecule has 0 spiro atoms. The van der Waals surface area contributed by atoms with Crippen molar-refractivity contribution >= 4 is 29.2 Å². The maximum absolute atomic E-state index is 11.8. The third-order valence-electron chi connectivity index (χ3n) is 2.19. The first kappa shape index (κ1) is 12.0. The van der Waals surface area contributed by atoms with Gasteiger partial charge in [0, 0.05) is 10.6 Å². The van der Waals surface area contributed by atoms with Crippen LogP contribution in [0.5, 0.6) is 0 Å². The van der Waals surface area contributed by atoms with Crippen molar-refractivity contribution in [3.8, 4) is 5.40 Å². The second kappa shape index (κ2) is 5.25. The van der Waals surface area contributed by atoms with Gasteiger partial charge in [-0.05, 0) is 36.0 Å². The van der Waals surface area contributed by atoms with Gasteiger partial charge in [0.15, 0.2) is 0 Å². The van der Waals surface area contributed by atoms with E-state index in [9.17, 15) is 4.79 Å². The van der Waals surface area contributed by atoms with Crippen molar-refractivity contribution in [2.75, 3.05) is 11.1 Å². The van der Waals surface area contributed by atoms with Gasteiger partial charge in [-0.3, -0.25) is 9.89 Å². The van der Waals surface area contributed by atoms with Crippen LogP contribution in [0.1, 0.15) is 10.4 Å². The van der Waals surface area contributed by atoms with Gasteiger partial charge >= 0.3 is 0 Å². The molecular formula is C11H9N5OS. The number of anilines is 2.